The van der Waals surface area contributed by atoms with E-state index in [1.54, 1.807) is 72.8 Å². The molecule has 0 spiro atoms. The molecule has 12 nitrogen and oxygen atoms in total. The van der Waals surface area contributed by atoms with E-state index in [-0.39, 0.29) is 24.0 Å². The first-order valence-corrected chi connectivity index (χ1v) is 25.0. The molecular weight excluding hydrogens is 809 g/mol. The maximum atomic E-state index is 12.0. The Morgan fingerprint density at radius 3 is 1.76 bits per heavy atom. The number of hydrogen-bond donors (Lipinski definition) is 2. The highest BCUT2D eigenvalue weighted by molar-refractivity contribution is 6.74. The first-order valence-electron chi connectivity index (χ1n) is 23.8. The van der Waals surface area contributed by atoms with Crippen LogP contribution in [0.4, 0.5) is 0 Å². The average molecular weight is 884 g/mol. The normalized spacial score (nSPS) is 27.9. The monoisotopic (exact) mass is 883 g/mol. The molecule has 2 aliphatic heterocycles. The van der Waals surface area contributed by atoms with Crippen LogP contribution in [-0.2, 0) is 66.9 Å². The average Bonchev–Trinajstić information content (AvgIpc) is 3.30. The molecule has 2 heterocycles. The number of ether oxygens (including phenoxy) is 8. The Bertz CT molecular complexity index is 1800. The van der Waals surface area contributed by atoms with Gasteiger partial charge >= 0.3 is 5.97 Å². The van der Waals surface area contributed by atoms with Crippen molar-refractivity contribution in [1.29, 1.82) is 0 Å². The van der Waals surface area contributed by atoms with E-state index < -0.39 is 90.0 Å². The van der Waals surface area contributed by atoms with Gasteiger partial charge in [-0.25, -0.2) is 0 Å². The molecular formula is C49H72O12Si. The zero-order valence-corrected chi connectivity index (χ0v) is 38.3. The number of esters is 1. The summed E-state index contributed by atoms with van der Waals surface area (Å²) >= 11 is 0. The number of unbranched alkanes of at least 4 members (excludes halogenated alkanes) is 5. The lowest BCUT2D eigenvalue weighted by Gasteiger charge is -2.48. The maximum Gasteiger partial charge on any atom is 0.305 e. The fourth-order valence-corrected chi connectivity index (χ4v) is 8.06. The molecule has 0 amide bonds. The number of aliphatic hydroxyl groups is 2. The molecule has 0 aliphatic carbocycles. The second-order valence-electron chi connectivity index (χ2n) is 17.5. The highest BCUT2D eigenvalue weighted by Gasteiger charge is 2.52. The summed E-state index contributed by atoms with van der Waals surface area (Å²) in [5.41, 5.74) is 1.59. The molecule has 62 heavy (non-hydrogen) atoms. The molecule has 2 aliphatic rings. The number of carbonyl (C=O) groups is 1. The van der Waals surface area contributed by atoms with Crippen molar-refractivity contribution in [2.75, 3.05) is 26.9 Å². The summed E-state index contributed by atoms with van der Waals surface area (Å²) in [6.45, 7) is 6.92. The molecule has 5 rings (SSSR count). The molecule has 0 bridgehead atoms. The van der Waals surface area contributed by atoms with E-state index in [9.17, 15) is 17.7 Å². The van der Waals surface area contributed by atoms with Crippen molar-refractivity contribution in [1.82, 2.24) is 0 Å². The molecule has 344 valence electrons. The molecule has 13 heteroatoms. The first kappa shape index (κ1) is 45.5. The molecule has 0 radical (unpaired) electrons. The number of carbonyl (C=O) groups excluding carboxylic acids is 1. The van der Waals surface area contributed by atoms with Gasteiger partial charge in [-0.3, -0.25) is 4.79 Å². The van der Waals surface area contributed by atoms with Crippen molar-refractivity contribution < 1.29 is 61.4 Å². The van der Waals surface area contributed by atoms with Gasteiger partial charge in [0.2, 0.25) is 0 Å². The quantitative estimate of drug-likeness (QED) is 0.0481. The van der Waals surface area contributed by atoms with Gasteiger partial charge in [0.15, 0.2) is 20.9 Å². The fourth-order valence-electron chi connectivity index (χ4n) is 7.02. The molecule has 12 atom stereocenters. The van der Waals surface area contributed by atoms with Crippen LogP contribution in [0.5, 0.6) is 0 Å². The van der Waals surface area contributed by atoms with Gasteiger partial charge in [-0.2, -0.15) is 0 Å². The van der Waals surface area contributed by atoms with E-state index in [0.29, 0.717) is 36.1 Å². The summed E-state index contributed by atoms with van der Waals surface area (Å²) in [5, 5.41) is 22.9. The lowest BCUT2D eigenvalue weighted by molar-refractivity contribution is -0.368. The molecule has 3 aromatic carbocycles. The van der Waals surface area contributed by atoms with E-state index in [0.717, 1.165) is 32.1 Å². The van der Waals surface area contributed by atoms with Crippen LogP contribution in [-0.4, -0.2) is 107 Å². The minimum atomic E-state index is -2.19. The third kappa shape index (κ3) is 15.6. The minimum absolute atomic E-state index is 0.0486. The summed E-state index contributed by atoms with van der Waals surface area (Å²) in [5.74, 6) is -0.203. The van der Waals surface area contributed by atoms with Crippen LogP contribution < -0.4 is 0 Å². The van der Waals surface area contributed by atoms with Crippen LogP contribution in [0, 0.1) is 0 Å². The Kier molecular flexibility index (Phi) is 18.7. The van der Waals surface area contributed by atoms with Gasteiger partial charge in [0.25, 0.3) is 0 Å². The Morgan fingerprint density at radius 2 is 1.23 bits per heavy atom. The van der Waals surface area contributed by atoms with Gasteiger partial charge in [0, 0.05) is 19.4 Å². The van der Waals surface area contributed by atoms with E-state index in [1.165, 1.54) is 7.11 Å². The number of rotatable bonds is 25. The lowest BCUT2D eigenvalue weighted by Crippen LogP contribution is -2.64. The zero-order valence-electron chi connectivity index (χ0n) is 40.3. The molecule has 2 N–H and O–H groups in total. The van der Waals surface area contributed by atoms with Crippen LogP contribution in [0.1, 0.15) is 92.9 Å². The molecule has 4 unspecified atom stereocenters. The lowest BCUT2D eigenvalue weighted by atomic mass is 9.97. The van der Waals surface area contributed by atoms with Crippen molar-refractivity contribution in [3.8, 4) is 0 Å². The molecule has 0 saturated carbocycles. The maximum absolute atomic E-state index is 12.0. The summed E-state index contributed by atoms with van der Waals surface area (Å²) in [4.78, 5) is 11.5. The van der Waals surface area contributed by atoms with E-state index in [4.69, 9.17) is 43.7 Å². The van der Waals surface area contributed by atoms with Gasteiger partial charge in [0.1, 0.15) is 30.5 Å². The topological polar surface area (TPSA) is 141 Å². The summed E-state index contributed by atoms with van der Waals surface area (Å²) < 4.78 is 84.4. The van der Waals surface area contributed by atoms with Crippen molar-refractivity contribution in [2.45, 2.75) is 165 Å². The predicted octanol–water partition coefficient (Wildman–Crippen LogP) is 8.26. The van der Waals surface area contributed by atoms with Crippen molar-refractivity contribution in [3.63, 3.8) is 0 Å². The molecule has 2 fully saturated rings. The third-order valence-corrected chi connectivity index (χ3v) is 16.2. The van der Waals surface area contributed by atoms with E-state index in [1.807, 2.05) is 18.2 Å². The smallest absolute Gasteiger partial charge is 0.305 e. The summed E-state index contributed by atoms with van der Waals surface area (Å²) in [7, 11) is -0.789. The van der Waals surface area contributed by atoms with Crippen molar-refractivity contribution >= 4 is 14.3 Å². The molecule has 0 aromatic heterocycles. The number of hydrogen-bond acceptors (Lipinski definition) is 12. The van der Waals surface area contributed by atoms with Crippen LogP contribution in [0.3, 0.4) is 0 Å². The first-order chi connectivity index (χ1) is 31.1. The van der Waals surface area contributed by atoms with Crippen molar-refractivity contribution in [2.24, 2.45) is 0 Å². The van der Waals surface area contributed by atoms with Gasteiger partial charge < -0.3 is 52.5 Å². The third-order valence-electron chi connectivity index (χ3n) is 11.7. The Hall–Kier alpha value is -3.05. The Labute approximate surface area is 374 Å². The van der Waals surface area contributed by atoms with Crippen molar-refractivity contribution in [3.05, 3.63) is 108 Å². The van der Waals surface area contributed by atoms with Gasteiger partial charge in [0.05, 0.1) is 56.4 Å². The number of benzene rings is 3. The van der Waals surface area contributed by atoms with Gasteiger partial charge in [-0.15, -0.1) is 0 Å². The second-order valence-corrected chi connectivity index (χ2v) is 22.3. The zero-order chi connectivity index (χ0) is 47.0. The summed E-state index contributed by atoms with van der Waals surface area (Å²) in [6.07, 6.45) is -4.46. The highest BCUT2D eigenvalue weighted by Crippen LogP contribution is 2.38. The number of methoxy groups -OCH3 is 1. The predicted molar refractivity (Wildman–Crippen MR) is 238 cm³/mol. The largest absolute Gasteiger partial charge is 0.469 e. The molecule has 2 saturated heterocycles. The van der Waals surface area contributed by atoms with Gasteiger partial charge in [-0.1, -0.05) is 137 Å². The Morgan fingerprint density at radius 1 is 0.710 bits per heavy atom. The number of aliphatic hydroxyl groups excluding tert-OH is 2. The highest BCUT2D eigenvalue weighted by atomic mass is 28.4. The van der Waals surface area contributed by atoms with Crippen LogP contribution >= 0.6 is 0 Å². The van der Waals surface area contributed by atoms with E-state index >= 15 is 0 Å². The SMILES string of the molecule is [2H]C(O[C@H]1[C@H](OC([2H])c2ccccc2)[C@@H](OC([2H])c2ccccc2)C(O[C@H]2[C@@H](OCCCCCCCCC(=O)OC)O[C@H](CO[Si](C)(C)C(C)(C)C)C[C@@H]2O)O[C@@H]1CO)c1ccccc1. The molecule has 3 aromatic rings. The van der Waals surface area contributed by atoms with Gasteiger partial charge in [-0.05, 0) is 47.7 Å². The van der Waals surface area contributed by atoms with E-state index in [2.05, 4.69) is 33.9 Å². The van der Waals surface area contributed by atoms with Crippen LogP contribution in [0.25, 0.3) is 0 Å². The minimum Gasteiger partial charge on any atom is -0.469 e. The van der Waals surface area contributed by atoms with Crippen LogP contribution in [0.2, 0.25) is 18.1 Å². The fraction of sp³-hybridized carbons (Fsp3) is 0.612. The standard InChI is InChI=1S/C49H72O12Si/c1-49(2,3)62(5,6)58-35-39-30-40(51)43(47(59-39)54-29-21-10-8-7-9-20-28-42(52)53-4)61-48-46(57-34-38-26-18-13-19-27-38)45(56-33-37-24-16-12-17-25-37)44(41(31-50)60-48)55-32-36-22-14-11-15-23-36/h11-19,22-27,39-41,43-48,50-51H,7-10,20-21,28-35H2,1-6H3/t39-,40-,41+,43+,44+,45-,46+,47-,48?/m0/s1/i32D,33D,34D/t32?,33?,34?,39-,40-,41+,43+,44+,45-,46+,47-,48?. The second kappa shape index (κ2) is 25.4. The summed E-state index contributed by atoms with van der Waals surface area (Å²) in [6, 6.07) is 26.8. The van der Waals surface area contributed by atoms with Crippen LogP contribution in [0.15, 0.2) is 91.0 Å². The Balaban J connectivity index is 1.43.